The molecule has 188 valence electrons. The highest BCUT2D eigenvalue weighted by atomic mass is 32.2. The maximum Gasteiger partial charge on any atom is 0.338 e. The predicted octanol–water partition coefficient (Wildman–Crippen LogP) is 5.95. The fourth-order valence-corrected chi connectivity index (χ4v) is 5.25. The summed E-state index contributed by atoms with van der Waals surface area (Å²) in [6.07, 6.45) is 0.230. The Hall–Kier alpha value is -3.32. The van der Waals surface area contributed by atoms with E-state index in [-0.39, 0.29) is 18.9 Å². The number of hydrogen-bond donors (Lipinski definition) is 0. The lowest BCUT2D eigenvalue weighted by atomic mass is 9.90. The van der Waals surface area contributed by atoms with Crippen molar-refractivity contribution in [3.05, 3.63) is 88.0 Å². The second kappa shape index (κ2) is 11.2. The van der Waals surface area contributed by atoms with Crippen LogP contribution in [0.15, 0.2) is 76.3 Å². The molecule has 2 aromatic rings. The number of esters is 1. The van der Waals surface area contributed by atoms with Gasteiger partial charge in [-0.3, -0.25) is 4.79 Å². The SMILES string of the molecule is CCOC(=O)C1=C(c2ccccc2)N=C2SC=C(CC(=O)N(C)CC)N2C1c1ccc(C(C)C)cc1. The highest BCUT2D eigenvalue weighted by Crippen LogP contribution is 2.47. The molecule has 2 aliphatic rings. The molecule has 2 aromatic carbocycles. The minimum atomic E-state index is -0.464. The minimum Gasteiger partial charge on any atom is -0.463 e. The van der Waals surface area contributed by atoms with Gasteiger partial charge in [0.05, 0.1) is 30.3 Å². The molecule has 0 aromatic heterocycles. The monoisotopic (exact) mass is 503 g/mol. The van der Waals surface area contributed by atoms with Gasteiger partial charge in [0.2, 0.25) is 5.91 Å². The van der Waals surface area contributed by atoms with Gasteiger partial charge in [-0.15, -0.1) is 0 Å². The van der Waals surface area contributed by atoms with Gasteiger partial charge in [0, 0.05) is 24.9 Å². The summed E-state index contributed by atoms with van der Waals surface area (Å²) in [6, 6.07) is 17.6. The smallest absolute Gasteiger partial charge is 0.338 e. The average Bonchev–Trinajstić information content (AvgIpc) is 3.29. The molecule has 2 aliphatic heterocycles. The van der Waals surface area contributed by atoms with Gasteiger partial charge in [0.15, 0.2) is 5.17 Å². The van der Waals surface area contributed by atoms with Crippen LogP contribution in [0.2, 0.25) is 0 Å². The molecule has 0 saturated carbocycles. The highest BCUT2D eigenvalue weighted by molar-refractivity contribution is 8.16. The topological polar surface area (TPSA) is 62.2 Å². The van der Waals surface area contributed by atoms with E-state index in [0.29, 0.717) is 23.7 Å². The van der Waals surface area contributed by atoms with Crippen LogP contribution in [0, 0.1) is 0 Å². The van der Waals surface area contributed by atoms with Crippen molar-refractivity contribution < 1.29 is 14.3 Å². The molecular formula is C29H33N3O3S. The van der Waals surface area contributed by atoms with E-state index in [1.165, 1.54) is 17.3 Å². The quantitative estimate of drug-likeness (QED) is 0.416. The first-order chi connectivity index (χ1) is 17.3. The third kappa shape index (κ3) is 5.12. The van der Waals surface area contributed by atoms with Crippen LogP contribution in [0.1, 0.15) is 62.8 Å². The molecular weight excluding hydrogens is 470 g/mol. The molecule has 0 N–H and O–H groups in total. The van der Waals surface area contributed by atoms with Crippen molar-refractivity contribution in [2.45, 2.75) is 46.1 Å². The molecule has 4 rings (SSSR count). The second-order valence-corrected chi connectivity index (χ2v) is 9.99. The summed E-state index contributed by atoms with van der Waals surface area (Å²) in [6.45, 7) is 8.97. The Balaban J connectivity index is 1.88. The number of ether oxygens (including phenoxy) is 1. The van der Waals surface area contributed by atoms with Crippen molar-refractivity contribution in [2.75, 3.05) is 20.2 Å². The Labute approximate surface area is 217 Å². The lowest BCUT2D eigenvalue weighted by Crippen LogP contribution is -2.38. The van der Waals surface area contributed by atoms with Crippen LogP contribution in [0.4, 0.5) is 0 Å². The number of aliphatic imine (C=N–C) groups is 1. The van der Waals surface area contributed by atoms with Crippen LogP contribution < -0.4 is 0 Å². The van der Waals surface area contributed by atoms with Crippen LogP contribution in [0.5, 0.6) is 0 Å². The largest absolute Gasteiger partial charge is 0.463 e. The molecule has 0 spiro atoms. The third-order valence-electron chi connectivity index (χ3n) is 6.50. The van der Waals surface area contributed by atoms with Crippen molar-refractivity contribution >= 4 is 34.5 Å². The lowest BCUT2D eigenvalue weighted by molar-refractivity contribution is -0.139. The van der Waals surface area contributed by atoms with Gasteiger partial charge in [-0.2, -0.15) is 0 Å². The van der Waals surface area contributed by atoms with Gasteiger partial charge in [0.25, 0.3) is 0 Å². The molecule has 0 fully saturated rings. The number of carbonyl (C=O) groups excluding carboxylic acids is 2. The standard InChI is InChI=1S/C29H33N3O3S/c1-6-31(5)24(33)17-23-18-36-29-30-26(21-11-9-8-10-12-21)25(28(34)35-7-2)27(32(23)29)22-15-13-20(14-16-22)19(3)4/h8-16,18-19,27H,6-7,17H2,1-5H3. The number of nitrogens with zero attached hydrogens (tertiary/aromatic N) is 3. The molecule has 0 saturated heterocycles. The first-order valence-electron chi connectivity index (χ1n) is 12.4. The predicted molar refractivity (Wildman–Crippen MR) is 146 cm³/mol. The summed E-state index contributed by atoms with van der Waals surface area (Å²) in [5.74, 6) is 0.0165. The van der Waals surface area contributed by atoms with Crippen LogP contribution in [-0.2, 0) is 14.3 Å². The summed E-state index contributed by atoms with van der Waals surface area (Å²) in [5.41, 5.74) is 4.95. The van der Waals surface area contributed by atoms with Gasteiger partial charge in [-0.05, 0) is 36.3 Å². The summed E-state index contributed by atoms with van der Waals surface area (Å²) < 4.78 is 5.57. The van der Waals surface area contributed by atoms with Gasteiger partial charge >= 0.3 is 5.97 Å². The maximum absolute atomic E-state index is 13.5. The number of amidine groups is 1. The molecule has 36 heavy (non-hydrogen) atoms. The van der Waals surface area contributed by atoms with Crippen molar-refractivity contribution in [1.82, 2.24) is 9.80 Å². The summed E-state index contributed by atoms with van der Waals surface area (Å²) >= 11 is 1.48. The first-order valence-corrected chi connectivity index (χ1v) is 13.3. The minimum absolute atomic E-state index is 0.0232. The zero-order chi connectivity index (χ0) is 25.8. The average molecular weight is 504 g/mol. The molecule has 6 nitrogen and oxygen atoms in total. The summed E-state index contributed by atoms with van der Waals surface area (Å²) in [7, 11) is 1.80. The third-order valence-corrected chi connectivity index (χ3v) is 7.39. The van der Waals surface area contributed by atoms with Crippen LogP contribution in [-0.4, -0.2) is 47.0 Å². The van der Waals surface area contributed by atoms with E-state index in [1.54, 1.807) is 18.9 Å². The normalized spacial score (nSPS) is 17.1. The van der Waals surface area contributed by atoms with Crippen LogP contribution in [0.3, 0.4) is 0 Å². The van der Waals surface area contributed by atoms with E-state index in [2.05, 4.69) is 38.1 Å². The van der Waals surface area contributed by atoms with Crippen molar-refractivity contribution in [3.8, 4) is 0 Å². The van der Waals surface area contributed by atoms with E-state index >= 15 is 0 Å². The van der Waals surface area contributed by atoms with E-state index in [1.807, 2.05) is 47.6 Å². The van der Waals surface area contributed by atoms with Crippen LogP contribution in [0.25, 0.3) is 5.70 Å². The van der Waals surface area contributed by atoms with Crippen molar-refractivity contribution in [1.29, 1.82) is 0 Å². The van der Waals surface area contributed by atoms with Gasteiger partial charge in [0.1, 0.15) is 0 Å². The zero-order valence-electron chi connectivity index (χ0n) is 21.5. The Morgan fingerprint density at radius 1 is 1.08 bits per heavy atom. The Morgan fingerprint density at radius 3 is 2.39 bits per heavy atom. The number of benzene rings is 2. The zero-order valence-corrected chi connectivity index (χ0v) is 22.3. The van der Waals surface area contributed by atoms with Crippen LogP contribution >= 0.6 is 11.8 Å². The molecule has 1 amide bonds. The number of amides is 1. The second-order valence-electron chi connectivity index (χ2n) is 9.15. The van der Waals surface area contributed by atoms with E-state index in [4.69, 9.17) is 9.73 Å². The summed E-state index contributed by atoms with van der Waals surface area (Å²) in [5, 5.41) is 2.73. The number of carbonyl (C=O) groups is 2. The van der Waals surface area contributed by atoms with Gasteiger partial charge < -0.3 is 14.5 Å². The van der Waals surface area contributed by atoms with Crippen molar-refractivity contribution in [2.24, 2.45) is 4.99 Å². The number of hydrogen-bond acceptors (Lipinski definition) is 6. The number of thioether (sulfide) groups is 1. The number of rotatable bonds is 8. The number of fused-ring (bicyclic) bond motifs is 1. The first kappa shape index (κ1) is 25.8. The fourth-order valence-electron chi connectivity index (χ4n) is 4.33. The highest BCUT2D eigenvalue weighted by Gasteiger charge is 2.42. The van der Waals surface area contributed by atoms with E-state index in [9.17, 15) is 9.59 Å². The molecule has 7 heteroatoms. The Kier molecular flexibility index (Phi) is 7.99. The molecule has 0 bridgehead atoms. The Morgan fingerprint density at radius 2 is 1.78 bits per heavy atom. The summed E-state index contributed by atoms with van der Waals surface area (Å²) in [4.78, 5) is 35.1. The molecule has 1 atom stereocenters. The van der Waals surface area contributed by atoms with E-state index < -0.39 is 12.0 Å². The van der Waals surface area contributed by atoms with E-state index in [0.717, 1.165) is 22.0 Å². The van der Waals surface area contributed by atoms with Gasteiger partial charge in [-0.1, -0.05) is 80.2 Å². The van der Waals surface area contributed by atoms with Crippen molar-refractivity contribution in [3.63, 3.8) is 0 Å². The van der Waals surface area contributed by atoms with Gasteiger partial charge in [-0.25, -0.2) is 9.79 Å². The lowest BCUT2D eigenvalue weighted by Gasteiger charge is -2.37. The maximum atomic E-state index is 13.5. The molecule has 2 heterocycles. The fraction of sp³-hybridized carbons (Fsp3) is 0.345. The Bertz CT molecular complexity index is 1220. The molecule has 0 aliphatic carbocycles. The molecule has 0 radical (unpaired) electrons. The molecule has 1 unspecified atom stereocenters.